The van der Waals surface area contributed by atoms with Crippen molar-refractivity contribution in [3.05, 3.63) is 60.3 Å². The largest absolute Gasteiger partial charge is 0.459 e. The molecule has 0 bridgehead atoms. The number of ether oxygens (including phenoxy) is 1. The molecule has 0 spiro atoms. The lowest BCUT2D eigenvalue weighted by molar-refractivity contribution is 0.281. The van der Waals surface area contributed by atoms with E-state index in [0.717, 1.165) is 37.6 Å². The Bertz CT molecular complexity index is 830. The third-order valence-corrected chi connectivity index (χ3v) is 4.24. The molecule has 2 heterocycles. The Kier molecular flexibility index (Phi) is 4.25. The van der Waals surface area contributed by atoms with Crippen molar-refractivity contribution in [2.45, 2.75) is 6.61 Å². The minimum Gasteiger partial charge on any atom is -0.459 e. The van der Waals surface area contributed by atoms with Crippen LogP contribution in [-0.2, 0) is 6.61 Å². The average molecular weight is 320 g/mol. The molecule has 24 heavy (non-hydrogen) atoms. The Morgan fingerprint density at radius 1 is 1.00 bits per heavy atom. The molecule has 1 N–H and O–H groups in total. The van der Waals surface area contributed by atoms with Crippen molar-refractivity contribution in [3.63, 3.8) is 0 Å². The van der Waals surface area contributed by atoms with Gasteiger partial charge < -0.3 is 15.0 Å². The van der Waals surface area contributed by atoms with Crippen molar-refractivity contribution in [1.82, 2.24) is 15.3 Å². The SMILES string of the molecule is c1ccc2cc(COc3nccc(N4CCNCC4)n3)ccc2c1. The maximum Gasteiger partial charge on any atom is 0.318 e. The van der Waals surface area contributed by atoms with E-state index < -0.39 is 0 Å². The van der Waals surface area contributed by atoms with Crippen molar-refractivity contribution in [1.29, 1.82) is 0 Å². The van der Waals surface area contributed by atoms with Gasteiger partial charge in [0, 0.05) is 32.4 Å². The number of fused-ring (bicyclic) bond motifs is 1. The Labute approximate surface area is 141 Å². The molecule has 1 saturated heterocycles. The summed E-state index contributed by atoms with van der Waals surface area (Å²) in [7, 11) is 0. The highest BCUT2D eigenvalue weighted by molar-refractivity contribution is 5.82. The average Bonchev–Trinajstić information content (AvgIpc) is 2.67. The maximum atomic E-state index is 5.81. The van der Waals surface area contributed by atoms with Crippen LogP contribution in [0.5, 0.6) is 6.01 Å². The fourth-order valence-electron chi connectivity index (χ4n) is 2.95. The van der Waals surface area contributed by atoms with E-state index in [1.807, 2.05) is 18.2 Å². The van der Waals surface area contributed by atoms with Crippen LogP contribution in [0.3, 0.4) is 0 Å². The lowest BCUT2D eigenvalue weighted by Gasteiger charge is -2.28. The predicted molar refractivity (Wildman–Crippen MR) is 95.4 cm³/mol. The van der Waals surface area contributed by atoms with Gasteiger partial charge in [-0.25, -0.2) is 4.98 Å². The van der Waals surface area contributed by atoms with Crippen LogP contribution in [0.2, 0.25) is 0 Å². The second kappa shape index (κ2) is 6.84. The van der Waals surface area contributed by atoms with Crippen LogP contribution < -0.4 is 15.0 Å². The third kappa shape index (κ3) is 3.31. The Balaban J connectivity index is 1.46. The van der Waals surface area contributed by atoms with Crippen molar-refractivity contribution >= 4 is 16.6 Å². The molecule has 0 amide bonds. The molecule has 1 aliphatic heterocycles. The van der Waals surface area contributed by atoms with E-state index in [9.17, 15) is 0 Å². The molecule has 0 radical (unpaired) electrons. The molecule has 0 aliphatic carbocycles. The Hall–Kier alpha value is -2.66. The summed E-state index contributed by atoms with van der Waals surface area (Å²) in [6.45, 7) is 4.35. The number of rotatable bonds is 4. The molecule has 122 valence electrons. The van der Waals surface area contributed by atoms with Crippen LogP contribution in [0.4, 0.5) is 5.82 Å². The van der Waals surface area contributed by atoms with Gasteiger partial charge in [-0.05, 0) is 28.5 Å². The first-order valence-electron chi connectivity index (χ1n) is 8.28. The predicted octanol–water partition coefficient (Wildman–Crippen LogP) is 2.62. The quantitative estimate of drug-likeness (QED) is 0.801. The fourth-order valence-corrected chi connectivity index (χ4v) is 2.95. The molecule has 2 aromatic carbocycles. The number of piperazine rings is 1. The lowest BCUT2D eigenvalue weighted by Crippen LogP contribution is -2.43. The highest BCUT2D eigenvalue weighted by Gasteiger charge is 2.12. The van der Waals surface area contributed by atoms with E-state index in [0.29, 0.717) is 12.6 Å². The minimum absolute atomic E-state index is 0.430. The van der Waals surface area contributed by atoms with Gasteiger partial charge in [0.2, 0.25) is 0 Å². The van der Waals surface area contributed by atoms with Crippen molar-refractivity contribution < 1.29 is 4.74 Å². The first kappa shape index (κ1) is 14.9. The molecule has 0 saturated carbocycles. The van der Waals surface area contributed by atoms with Crippen LogP contribution in [0.15, 0.2) is 54.7 Å². The third-order valence-electron chi connectivity index (χ3n) is 4.24. The summed E-state index contributed by atoms with van der Waals surface area (Å²) in [4.78, 5) is 11.0. The second-order valence-electron chi connectivity index (χ2n) is 5.90. The lowest BCUT2D eigenvalue weighted by atomic mass is 10.1. The Morgan fingerprint density at radius 2 is 1.83 bits per heavy atom. The molecule has 1 fully saturated rings. The summed E-state index contributed by atoms with van der Waals surface area (Å²) in [6, 6.07) is 17.0. The van der Waals surface area contributed by atoms with E-state index in [-0.39, 0.29) is 0 Å². The number of anilines is 1. The summed E-state index contributed by atoms with van der Waals surface area (Å²) in [5.41, 5.74) is 1.12. The van der Waals surface area contributed by atoms with Crippen molar-refractivity contribution in [2.24, 2.45) is 0 Å². The van der Waals surface area contributed by atoms with E-state index in [1.54, 1.807) is 6.20 Å². The van der Waals surface area contributed by atoms with Crippen LogP contribution in [0, 0.1) is 0 Å². The van der Waals surface area contributed by atoms with E-state index >= 15 is 0 Å². The number of hydrogen-bond donors (Lipinski definition) is 1. The number of aromatic nitrogens is 2. The topological polar surface area (TPSA) is 50.3 Å². The van der Waals surface area contributed by atoms with Gasteiger partial charge in [0.15, 0.2) is 0 Å². The van der Waals surface area contributed by atoms with Crippen LogP contribution >= 0.6 is 0 Å². The monoisotopic (exact) mass is 320 g/mol. The molecule has 1 aliphatic rings. The molecule has 1 aromatic heterocycles. The number of benzene rings is 2. The van der Waals surface area contributed by atoms with Crippen LogP contribution in [0.1, 0.15) is 5.56 Å². The standard InChI is InChI=1S/C19H20N4O/c1-2-4-17-13-15(5-6-16(17)3-1)14-24-19-21-8-7-18(22-19)23-11-9-20-10-12-23/h1-8,13,20H,9-12,14H2. The number of nitrogens with zero attached hydrogens (tertiary/aromatic N) is 3. The molecule has 4 rings (SSSR count). The van der Waals surface area contributed by atoms with Gasteiger partial charge in [-0.3, -0.25) is 0 Å². The first-order chi connectivity index (χ1) is 11.9. The van der Waals surface area contributed by atoms with Gasteiger partial charge in [-0.2, -0.15) is 4.98 Å². The molecule has 5 heteroatoms. The van der Waals surface area contributed by atoms with E-state index in [1.165, 1.54) is 10.8 Å². The van der Waals surface area contributed by atoms with Gasteiger partial charge in [-0.1, -0.05) is 36.4 Å². The number of hydrogen-bond acceptors (Lipinski definition) is 5. The molecular weight excluding hydrogens is 300 g/mol. The zero-order valence-electron chi connectivity index (χ0n) is 13.5. The summed E-state index contributed by atoms with van der Waals surface area (Å²) < 4.78 is 5.81. The van der Waals surface area contributed by atoms with Gasteiger partial charge >= 0.3 is 6.01 Å². The van der Waals surface area contributed by atoms with Crippen LogP contribution in [0.25, 0.3) is 10.8 Å². The van der Waals surface area contributed by atoms with E-state index in [4.69, 9.17) is 4.74 Å². The summed E-state index contributed by atoms with van der Waals surface area (Å²) in [5.74, 6) is 0.931. The van der Waals surface area contributed by atoms with Gasteiger partial charge in [0.25, 0.3) is 0 Å². The zero-order valence-corrected chi connectivity index (χ0v) is 13.5. The molecule has 0 atom stereocenters. The van der Waals surface area contributed by atoms with Gasteiger partial charge in [0.05, 0.1) is 0 Å². The Morgan fingerprint density at radius 3 is 2.71 bits per heavy atom. The highest BCUT2D eigenvalue weighted by Crippen LogP contribution is 2.18. The van der Waals surface area contributed by atoms with Crippen molar-refractivity contribution in [3.8, 4) is 6.01 Å². The second-order valence-corrected chi connectivity index (χ2v) is 5.90. The normalized spacial score (nSPS) is 14.8. The summed E-state index contributed by atoms with van der Waals surface area (Å²) >= 11 is 0. The van der Waals surface area contributed by atoms with Gasteiger partial charge in [-0.15, -0.1) is 0 Å². The molecular formula is C19H20N4O. The molecule has 5 nitrogen and oxygen atoms in total. The van der Waals surface area contributed by atoms with Crippen molar-refractivity contribution in [2.75, 3.05) is 31.1 Å². The summed E-state index contributed by atoms with van der Waals surface area (Å²) in [5, 5.41) is 5.80. The maximum absolute atomic E-state index is 5.81. The number of nitrogens with one attached hydrogen (secondary N) is 1. The highest BCUT2D eigenvalue weighted by atomic mass is 16.5. The van der Waals surface area contributed by atoms with E-state index in [2.05, 4.69) is 50.5 Å². The first-order valence-corrected chi connectivity index (χ1v) is 8.28. The fraction of sp³-hybridized carbons (Fsp3) is 0.263. The minimum atomic E-state index is 0.430. The zero-order chi connectivity index (χ0) is 16.2. The van der Waals surface area contributed by atoms with Crippen LogP contribution in [-0.4, -0.2) is 36.1 Å². The van der Waals surface area contributed by atoms with Gasteiger partial charge in [0.1, 0.15) is 12.4 Å². The molecule has 0 unspecified atom stereocenters. The summed E-state index contributed by atoms with van der Waals surface area (Å²) in [6.07, 6.45) is 1.76. The smallest absolute Gasteiger partial charge is 0.318 e. The molecule has 3 aromatic rings.